The van der Waals surface area contributed by atoms with E-state index in [1.54, 1.807) is 24.3 Å². The van der Waals surface area contributed by atoms with Gasteiger partial charge in [-0.3, -0.25) is 4.79 Å². The van der Waals surface area contributed by atoms with Gasteiger partial charge in [0.15, 0.2) is 0 Å². The third-order valence-electron chi connectivity index (χ3n) is 2.93. The zero-order valence-corrected chi connectivity index (χ0v) is 8.67. The van der Waals surface area contributed by atoms with E-state index in [0.717, 1.165) is 0 Å². The molecular formula is C11H10ClFO2. The normalized spacial score (nSPS) is 29.6. The lowest BCUT2D eigenvalue weighted by atomic mass is 9.63. The number of alkyl halides is 1. The van der Waals surface area contributed by atoms with E-state index in [0.29, 0.717) is 10.6 Å². The molecule has 2 rings (SSSR count). The highest BCUT2D eigenvalue weighted by atomic mass is 35.5. The Bertz CT molecular complexity index is 399. The van der Waals surface area contributed by atoms with E-state index in [-0.39, 0.29) is 12.8 Å². The van der Waals surface area contributed by atoms with Crippen molar-refractivity contribution < 1.29 is 14.3 Å². The van der Waals surface area contributed by atoms with Crippen molar-refractivity contribution >= 4 is 17.6 Å². The van der Waals surface area contributed by atoms with Gasteiger partial charge in [-0.15, -0.1) is 0 Å². The number of halogens is 2. The molecule has 0 unspecified atom stereocenters. The average molecular weight is 229 g/mol. The van der Waals surface area contributed by atoms with Crippen LogP contribution in [-0.2, 0) is 10.2 Å². The summed E-state index contributed by atoms with van der Waals surface area (Å²) in [5.41, 5.74) is -0.471. The van der Waals surface area contributed by atoms with Crippen LogP contribution in [0.4, 0.5) is 4.39 Å². The molecule has 1 aromatic carbocycles. The summed E-state index contributed by atoms with van der Waals surface area (Å²) in [5.74, 6) is -0.973. The fourth-order valence-corrected chi connectivity index (χ4v) is 2.21. The highest BCUT2D eigenvalue weighted by Gasteiger charge is 2.52. The Kier molecular flexibility index (Phi) is 2.43. The first-order valence-electron chi connectivity index (χ1n) is 4.68. The lowest BCUT2D eigenvalue weighted by Crippen LogP contribution is -2.49. The fourth-order valence-electron chi connectivity index (χ4n) is 2.02. The number of hydrogen-bond donors (Lipinski definition) is 1. The van der Waals surface area contributed by atoms with E-state index in [9.17, 15) is 9.18 Å². The third-order valence-corrected chi connectivity index (χ3v) is 3.16. The molecule has 15 heavy (non-hydrogen) atoms. The first-order valence-corrected chi connectivity index (χ1v) is 5.06. The van der Waals surface area contributed by atoms with Crippen LogP contribution in [0.5, 0.6) is 0 Å². The molecule has 0 spiro atoms. The van der Waals surface area contributed by atoms with Gasteiger partial charge in [-0.25, -0.2) is 4.39 Å². The van der Waals surface area contributed by atoms with Crippen LogP contribution in [-0.4, -0.2) is 17.2 Å². The number of carbonyl (C=O) groups is 1. The molecule has 1 aromatic rings. The van der Waals surface area contributed by atoms with Crippen molar-refractivity contribution in [2.24, 2.45) is 0 Å². The number of hydrogen-bond acceptors (Lipinski definition) is 1. The molecule has 0 bridgehead atoms. The van der Waals surface area contributed by atoms with E-state index < -0.39 is 17.6 Å². The quantitative estimate of drug-likeness (QED) is 0.845. The molecule has 80 valence electrons. The van der Waals surface area contributed by atoms with E-state index >= 15 is 0 Å². The van der Waals surface area contributed by atoms with Crippen LogP contribution >= 0.6 is 11.6 Å². The van der Waals surface area contributed by atoms with E-state index in [1.165, 1.54) is 0 Å². The largest absolute Gasteiger partial charge is 0.481 e. The molecule has 4 heteroatoms. The summed E-state index contributed by atoms with van der Waals surface area (Å²) in [6.45, 7) is 0. The summed E-state index contributed by atoms with van der Waals surface area (Å²) >= 11 is 5.79. The van der Waals surface area contributed by atoms with E-state index in [2.05, 4.69) is 0 Å². The molecule has 1 N–H and O–H groups in total. The van der Waals surface area contributed by atoms with Crippen molar-refractivity contribution in [2.45, 2.75) is 24.4 Å². The van der Waals surface area contributed by atoms with Crippen LogP contribution in [0.1, 0.15) is 18.4 Å². The Morgan fingerprint density at radius 1 is 1.53 bits per heavy atom. The zero-order chi connectivity index (χ0) is 11.1. The summed E-state index contributed by atoms with van der Waals surface area (Å²) in [6.07, 6.45) is -0.925. The standard InChI is InChI=1S/C11H10ClFO2/c12-8-3-1-2-7(4-8)11(10(14)15)5-9(13)6-11/h1-4,9H,5-6H2,(H,14,15). The maximum atomic E-state index is 12.9. The molecule has 0 saturated heterocycles. The summed E-state index contributed by atoms with van der Waals surface area (Å²) < 4.78 is 12.9. The molecule has 0 aliphatic heterocycles. The van der Waals surface area contributed by atoms with Crippen molar-refractivity contribution in [2.75, 3.05) is 0 Å². The summed E-state index contributed by atoms with van der Waals surface area (Å²) in [4.78, 5) is 11.2. The van der Waals surface area contributed by atoms with Crippen molar-refractivity contribution in [3.05, 3.63) is 34.9 Å². The second-order valence-corrected chi connectivity index (χ2v) is 4.34. The number of rotatable bonds is 2. The highest BCUT2D eigenvalue weighted by molar-refractivity contribution is 6.30. The van der Waals surface area contributed by atoms with Gasteiger partial charge in [-0.1, -0.05) is 23.7 Å². The smallest absolute Gasteiger partial charge is 0.314 e. The predicted molar refractivity (Wildman–Crippen MR) is 54.9 cm³/mol. The minimum atomic E-state index is -1.07. The van der Waals surface area contributed by atoms with Gasteiger partial charge in [0.1, 0.15) is 6.17 Å². The molecule has 1 aliphatic carbocycles. The highest BCUT2D eigenvalue weighted by Crippen LogP contribution is 2.46. The van der Waals surface area contributed by atoms with Gasteiger partial charge in [0.2, 0.25) is 0 Å². The first kappa shape index (κ1) is 10.4. The maximum Gasteiger partial charge on any atom is 0.314 e. The van der Waals surface area contributed by atoms with E-state index in [1.807, 2.05) is 0 Å². The monoisotopic (exact) mass is 228 g/mol. The van der Waals surface area contributed by atoms with Gasteiger partial charge in [0.05, 0.1) is 5.41 Å². The van der Waals surface area contributed by atoms with Crippen LogP contribution in [0, 0.1) is 0 Å². The SMILES string of the molecule is O=C(O)C1(c2cccc(Cl)c2)CC(F)C1. The van der Waals surface area contributed by atoms with Crippen LogP contribution in [0.15, 0.2) is 24.3 Å². The minimum Gasteiger partial charge on any atom is -0.481 e. The molecule has 0 amide bonds. The predicted octanol–water partition coefficient (Wildman–Crippen LogP) is 2.79. The van der Waals surface area contributed by atoms with Crippen LogP contribution in [0.25, 0.3) is 0 Å². The molecule has 0 heterocycles. The van der Waals surface area contributed by atoms with Crippen LogP contribution in [0.2, 0.25) is 5.02 Å². The zero-order valence-electron chi connectivity index (χ0n) is 7.91. The summed E-state index contributed by atoms with van der Waals surface area (Å²) in [5, 5.41) is 9.62. The molecule has 0 radical (unpaired) electrons. The number of carboxylic acid groups (broad SMARTS) is 1. The molecule has 1 aliphatic rings. The molecule has 0 aromatic heterocycles. The molecule has 2 nitrogen and oxygen atoms in total. The maximum absolute atomic E-state index is 12.9. The number of benzene rings is 1. The molecule has 1 saturated carbocycles. The second kappa shape index (κ2) is 3.49. The lowest BCUT2D eigenvalue weighted by molar-refractivity contribution is -0.150. The van der Waals surface area contributed by atoms with Gasteiger partial charge in [-0.2, -0.15) is 0 Å². The van der Waals surface area contributed by atoms with Gasteiger partial charge in [0.25, 0.3) is 0 Å². The number of aliphatic carboxylic acids is 1. The average Bonchev–Trinajstić information content (AvgIpc) is 2.12. The van der Waals surface area contributed by atoms with Gasteiger partial charge in [-0.05, 0) is 30.5 Å². The Balaban J connectivity index is 2.39. The van der Waals surface area contributed by atoms with Crippen molar-refractivity contribution in [1.29, 1.82) is 0 Å². The van der Waals surface area contributed by atoms with Crippen molar-refractivity contribution in [3.63, 3.8) is 0 Å². The third kappa shape index (κ3) is 1.61. The Hall–Kier alpha value is -1.09. The lowest BCUT2D eigenvalue weighted by Gasteiger charge is -2.40. The molecule has 1 fully saturated rings. The minimum absolute atomic E-state index is 0.0443. The van der Waals surface area contributed by atoms with Gasteiger partial charge < -0.3 is 5.11 Å². The first-order chi connectivity index (χ1) is 7.04. The van der Waals surface area contributed by atoms with Crippen molar-refractivity contribution in [3.8, 4) is 0 Å². The van der Waals surface area contributed by atoms with E-state index in [4.69, 9.17) is 16.7 Å². The second-order valence-electron chi connectivity index (χ2n) is 3.90. The molecular weight excluding hydrogens is 219 g/mol. The number of carboxylic acids is 1. The van der Waals surface area contributed by atoms with Crippen molar-refractivity contribution in [1.82, 2.24) is 0 Å². The topological polar surface area (TPSA) is 37.3 Å². The Morgan fingerprint density at radius 3 is 2.67 bits per heavy atom. The Morgan fingerprint density at radius 2 is 2.20 bits per heavy atom. The van der Waals surface area contributed by atoms with Gasteiger partial charge >= 0.3 is 5.97 Å². The summed E-state index contributed by atoms with van der Waals surface area (Å²) in [6, 6.07) is 6.65. The fraction of sp³-hybridized carbons (Fsp3) is 0.364. The van der Waals surface area contributed by atoms with Crippen LogP contribution in [0.3, 0.4) is 0 Å². The molecule has 0 atom stereocenters. The van der Waals surface area contributed by atoms with Gasteiger partial charge in [0, 0.05) is 5.02 Å². The van der Waals surface area contributed by atoms with Crippen LogP contribution < -0.4 is 0 Å². The summed E-state index contributed by atoms with van der Waals surface area (Å²) in [7, 11) is 0. The Labute approximate surface area is 91.7 Å².